The van der Waals surface area contributed by atoms with Crippen molar-refractivity contribution >= 4 is 17.5 Å². The zero-order chi connectivity index (χ0) is 27.1. The summed E-state index contributed by atoms with van der Waals surface area (Å²) >= 11 is 0. The minimum absolute atomic E-state index is 0.150. The van der Waals surface area contributed by atoms with E-state index in [-0.39, 0.29) is 31.2 Å². The molecule has 0 bridgehead atoms. The SMILES string of the molecule is COCCN(CC(=O)N1N=C(c2cccc(OC)c2)CC1c1ccccc1OC)C(=O)c1cccc(F)c1. The van der Waals surface area contributed by atoms with Crippen LogP contribution in [-0.2, 0) is 9.53 Å². The van der Waals surface area contributed by atoms with E-state index in [1.807, 2.05) is 48.5 Å². The number of halogens is 1. The van der Waals surface area contributed by atoms with Crippen molar-refractivity contribution in [3.05, 3.63) is 95.3 Å². The molecule has 0 aliphatic carbocycles. The highest BCUT2D eigenvalue weighted by Crippen LogP contribution is 2.37. The van der Waals surface area contributed by atoms with Crippen LogP contribution >= 0.6 is 0 Å². The van der Waals surface area contributed by atoms with Crippen LogP contribution in [-0.4, -0.2) is 68.5 Å². The fourth-order valence-corrected chi connectivity index (χ4v) is 4.40. The molecule has 3 aromatic carbocycles. The van der Waals surface area contributed by atoms with Gasteiger partial charge in [-0.3, -0.25) is 9.59 Å². The number of amides is 2. The van der Waals surface area contributed by atoms with Crippen molar-refractivity contribution in [3.63, 3.8) is 0 Å². The zero-order valence-electron chi connectivity index (χ0n) is 21.6. The van der Waals surface area contributed by atoms with Gasteiger partial charge in [-0.25, -0.2) is 9.40 Å². The van der Waals surface area contributed by atoms with Gasteiger partial charge in [0.1, 0.15) is 23.9 Å². The standard InChI is InChI=1S/C29H30FN3O5/c1-36-15-14-32(29(35)21-9-6-10-22(30)16-21)19-28(34)33-26(24-12-4-5-13-27(24)38-3)18-25(31-33)20-8-7-11-23(17-20)37-2/h4-13,16-17,26H,14-15,18-19H2,1-3H3. The van der Waals surface area contributed by atoms with E-state index in [9.17, 15) is 14.0 Å². The molecular weight excluding hydrogens is 489 g/mol. The second kappa shape index (κ2) is 12.3. The largest absolute Gasteiger partial charge is 0.497 e. The number of benzene rings is 3. The van der Waals surface area contributed by atoms with E-state index in [4.69, 9.17) is 19.3 Å². The summed E-state index contributed by atoms with van der Waals surface area (Å²) in [7, 11) is 4.68. The van der Waals surface area contributed by atoms with Gasteiger partial charge in [0.15, 0.2) is 0 Å². The third-order valence-electron chi connectivity index (χ3n) is 6.32. The molecule has 198 valence electrons. The summed E-state index contributed by atoms with van der Waals surface area (Å²) in [6.45, 7) is 0.0963. The smallest absolute Gasteiger partial charge is 0.262 e. The third kappa shape index (κ3) is 6.00. The van der Waals surface area contributed by atoms with Gasteiger partial charge in [0, 0.05) is 36.8 Å². The molecule has 1 unspecified atom stereocenters. The average molecular weight is 520 g/mol. The molecule has 0 N–H and O–H groups in total. The summed E-state index contributed by atoms with van der Waals surface area (Å²) < 4.78 is 29.9. The monoisotopic (exact) mass is 519 g/mol. The molecule has 1 aliphatic heterocycles. The molecule has 1 atom stereocenters. The highest BCUT2D eigenvalue weighted by molar-refractivity contribution is 6.04. The molecule has 0 fully saturated rings. The lowest BCUT2D eigenvalue weighted by atomic mass is 9.97. The molecule has 0 aromatic heterocycles. The summed E-state index contributed by atoms with van der Waals surface area (Å²) in [4.78, 5) is 28.3. The first-order chi connectivity index (χ1) is 18.4. The van der Waals surface area contributed by atoms with Crippen molar-refractivity contribution in [2.45, 2.75) is 12.5 Å². The van der Waals surface area contributed by atoms with Crippen LogP contribution in [0.1, 0.15) is 33.9 Å². The molecule has 38 heavy (non-hydrogen) atoms. The summed E-state index contributed by atoms with van der Waals surface area (Å²) in [5.74, 6) is -0.0866. The number of nitrogens with zero attached hydrogens (tertiary/aromatic N) is 3. The van der Waals surface area contributed by atoms with Gasteiger partial charge in [-0.2, -0.15) is 5.10 Å². The van der Waals surface area contributed by atoms with E-state index >= 15 is 0 Å². The molecule has 1 heterocycles. The molecular formula is C29H30FN3O5. The van der Waals surface area contributed by atoms with E-state index in [1.54, 1.807) is 14.2 Å². The maximum absolute atomic E-state index is 13.8. The van der Waals surface area contributed by atoms with Gasteiger partial charge in [-0.05, 0) is 36.4 Å². The molecule has 0 radical (unpaired) electrons. The predicted molar refractivity (Wildman–Crippen MR) is 141 cm³/mol. The third-order valence-corrected chi connectivity index (χ3v) is 6.32. The fraction of sp³-hybridized carbons (Fsp3) is 0.276. The Kier molecular flexibility index (Phi) is 8.70. The van der Waals surface area contributed by atoms with Gasteiger partial charge in [0.05, 0.1) is 32.6 Å². The quantitative estimate of drug-likeness (QED) is 0.399. The maximum atomic E-state index is 13.8. The van der Waals surface area contributed by atoms with Crippen LogP contribution < -0.4 is 9.47 Å². The van der Waals surface area contributed by atoms with Crippen molar-refractivity contribution in [2.75, 3.05) is 41.0 Å². The topological polar surface area (TPSA) is 80.7 Å². The Morgan fingerprint density at radius 3 is 2.53 bits per heavy atom. The number of carbonyl (C=O) groups is 2. The predicted octanol–water partition coefficient (Wildman–Crippen LogP) is 4.31. The molecule has 8 nitrogen and oxygen atoms in total. The number of hydrogen-bond acceptors (Lipinski definition) is 6. The first-order valence-corrected chi connectivity index (χ1v) is 12.2. The van der Waals surface area contributed by atoms with Crippen LogP contribution in [0.4, 0.5) is 4.39 Å². The lowest BCUT2D eigenvalue weighted by Gasteiger charge is -2.27. The van der Waals surface area contributed by atoms with Crippen molar-refractivity contribution in [1.29, 1.82) is 0 Å². The summed E-state index contributed by atoms with van der Waals surface area (Å²) in [5, 5.41) is 6.11. The molecule has 3 aromatic rings. The highest BCUT2D eigenvalue weighted by atomic mass is 19.1. The van der Waals surface area contributed by atoms with Gasteiger partial charge in [0.25, 0.3) is 11.8 Å². The first kappa shape index (κ1) is 26.8. The average Bonchev–Trinajstić information content (AvgIpc) is 3.40. The van der Waals surface area contributed by atoms with Crippen LogP contribution in [0.25, 0.3) is 0 Å². The number of ether oxygens (including phenoxy) is 3. The lowest BCUT2D eigenvalue weighted by Crippen LogP contribution is -2.42. The number of rotatable bonds is 10. The minimum Gasteiger partial charge on any atom is -0.497 e. The lowest BCUT2D eigenvalue weighted by molar-refractivity contribution is -0.133. The second-order valence-electron chi connectivity index (χ2n) is 8.71. The number of para-hydroxylation sites is 1. The number of hydrogen-bond donors (Lipinski definition) is 0. The Morgan fingerprint density at radius 1 is 1.00 bits per heavy atom. The molecule has 0 spiro atoms. The van der Waals surface area contributed by atoms with E-state index in [2.05, 4.69) is 0 Å². The minimum atomic E-state index is -0.530. The Balaban J connectivity index is 1.67. The first-order valence-electron chi connectivity index (χ1n) is 12.2. The Morgan fingerprint density at radius 2 is 1.79 bits per heavy atom. The van der Waals surface area contributed by atoms with Gasteiger partial charge in [-0.15, -0.1) is 0 Å². The molecule has 4 rings (SSSR count). The summed E-state index contributed by atoms with van der Waals surface area (Å²) in [6.07, 6.45) is 0.440. The Hall–Kier alpha value is -4.24. The molecule has 0 saturated carbocycles. The molecule has 1 aliphatic rings. The van der Waals surface area contributed by atoms with E-state index in [1.165, 1.54) is 35.2 Å². The molecule has 9 heteroatoms. The van der Waals surface area contributed by atoms with Crippen LogP contribution in [0, 0.1) is 5.82 Å². The number of methoxy groups -OCH3 is 3. The molecule has 0 saturated heterocycles. The van der Waals surface area contributed by atoms with Crippen LogP contribution in [0.15, 0.2) is 77.9 Å². The van der Waals surface area contributed by atoms with Crippen LogP contribution in [0.3, 0.4) is 0 Å². The zero-order valence-corrected chi connectivity index (χ0v) is 21.6. The van der Waals surface area contributed by atoms with Crippen LogP contribution in [0.5, 0.6) is 11.5 Å². The van der Waals surface area contributed by atoms with E-state index in [0.29, 0.717) is 23.6 Å². The van der Waals surface area contributed by atoms with Gasteiger partial charge < -0.3 is 19.1 Å². The van der Waals surface area contributed by atoms with Crippen molar-refractivity contribution < 1.29 is 28.2 Å². The summed E-state index contributed by atoms with van der Waals surface area (Å²) in [6, 6.07) is 19.9. The highest BCUT2D eigenvalue weighted by Gasteiger charge is 2.36. The van der Waals surface area contributed by atoms with E-state index < -0.39 is 17.8 Å². The normalized spacial score (nSPS) is 14.7. The summed E-state index contributed by atoms with van der Waals surface area (Å²) in [5.41, 5.74) is 2.47. The molecule has 2 amide bonds. The second-order valence-corrected chi connectivity index (χ2v) is 8.71. The van der Waals surface area contributed by atoms with Crippen LogP contribution in [0.2, 0.25) is 0 Å². The number of hydrazone groups is 1. The fourth-order valence-electron chi connectivity index (χ4n) is 4.40. The van der Waals surface area contributed by atoms with Gasteiger partial charge in [0.2, 0.25) is 0 Å². The Bertz CT molecular complexity index is 1330. The maximum Gasteiger partial charge on any atom is 0.262 e. The van der Waals surface area contributed by atoms with Crippen molar-refractivity contribution in [3.8, 4) is 11.5 Å². The number of carbonyl (C=O) groups excluding carboxylic acids is 2. The Labute approximate surface area is 221 Å². The van der Waals surface area contributed by atoms with E-state index in [0.717, 1.165) is 17.2 Å². The van der Waals surface area contributed by atoms with Gasteiger partial charge in [-0.1, -0.05) is 36.4 Å². The van der Waals surface area contributed by atoms with Crippen molar-refractivity contribution in [1.82, 2.24) is 9.91 Å². The van der Waals surface area contributed by atoms with Gasteiger partial charge >= 0.3 is 0 Å². The van der Waals surface area contributed by atoms with Crippen molar-refractivity contribution in [2.24, 2.45) is 5.10 Å².